The van der Waals surface area contributed by atoms with Crippen LogP contribution in [0.3, 0.4) is 0 Å². The lowest BCUT2D eigenvalue weighted by Gasteiger charge is -2.33. The van der Waals surface area contributed by atoms with Gasteiger partial charge in [0.25, 0.3) is 0 Å². The first-order valence-corrected chi connectivity index (χ1v) is 14.9. The van der Waals surface area contributed by atoms with Crippen LogP contribution in [-0.2, 0) is 16.6 Å². The van der Waals surface area contributed by atoms with E-state index in [0.717, 1.165) is 41.9 Å². The van der Waals surface area contributed by atoms with Gasteiger partial charge in [0.15, 0.2) is 0 Å². The molecule has 0 radical (unpaired) electrons. The highest BCUT2D eigenvalue weighted by Crippen LogP contribution is 2.27. The van der Waals surface area contributed by atoms with E-state index in [1.54, 1.807) is 25.3 Å². The summed E-state index contributed by atoms with van der Waals surface area (Å²) >= 11 is 0. The van der Waals surface area contributed by atoms with Gasteiger partial charge in [-0.1, -0.05) is 18.2 Å². The molecular weight excluding hydrogens is 514 g/mol. The van der Waals surface area contributed by atoms with Gasteiger partial charge in [-0.25, -0.2) is 13.4 Å². The number of para-hydroxylation sites is 1. The van der Waals surface area contributed by atoms with Gasteiger partial charge >= 0.3 is 0 Å². The standard InChI is InChI=1S/C28H35N7O3S/c1-3-39(37,38)35(16-17-36)26-7-5-4-6-23(26)20-34-14-12-22-18-30-28(32-27(22)34)31-24-8-10-25(11-9-24)33-15-13-29-21(2)19-33/h4-12,14,18,21,29,36H,3,13,15-17,19-20H2,1-2H3,(H,30,31,32). The van der Waals surface area contributed by atoms with Gasteiger partial charge in [0.2, 0.25) is 16.0 Å². The van der Waals surface area contributed by atoms with Crippen molar-refractivity contribution in [1.82, 2.24) is 19.9 Å². The van der Waals surface area contributed by atoms with Crippen LogP contribution in [0.4, 0.5) is 23.0 Å². The number of sulfonamides is 1. The molecular formula is C28H35N7O3S. The second-order valence-electron chi connectivity index (χ2n) is 9.71. The molecule has 3 N–H and O–H groups in total. The number of hydrogen-bond donors (Lipinski definition) is 3. The first-order valence-electron chi connectivity index (χ1n) is 13.2. The summed E-state index contributed by atoms with van der Waals surface area (Å²) in [6, 6.07) is 18.1. The largest absolute Gasteiger partial charge is 0.394 e. The molecule has 0 saturated carbocycles. The van der Waals surface area contributed by atoms with Crippen LogP contribution in [0.15, 0.2) is 67.0 Å². The molecule has 1 aliphatic heterocycles. The maximum atomic E-state index is 12.8. The number of aliphatic hydroxyl groups excluding tert-OH is 1. The molecule has 206 valence electrons. The van der Waals surface area contributed by atoms with Gasteiger partial charge in [-0.3, -0.25) is 4.31 Å². The Hall–Kier alpha value is -3.67. The Morgan fingerprint density at radius 1 is 1.15 bits per heavy atom. The fraction of sp³-hybridized carbons (Fsp3) is 0.357. The van der Waals surface area contributed by atoms with Crippen LogP contribution in [0, 0.1) is 0 Å². The molecule has 1 aliphatic rings. The number of aliphatic hydroxyl groups is 1. The zero-order valence-corrected chi connectivity index (χ0v) is 23.1. The molecule has 0 aliphatic carbocycles. The molecule has 4 aromatic rings. The number of fused-ring (bicyclic) bond motifs is 1. The number of nitrogens with one attached hydrogen (secondary N) is 2. The van der Waals surface area contributed by atoms with E-state index in [9.17, 15) is 13.5 Å². The summed E-state index contributed by atoms with van der Waals surface area (Å²) in [4.78, 5) is 11.6. The average molecular weight is 550 g/mol. The maximum absolute atomic E-state index is 12.8. The number of hydrogen-bond acceptors (Lipinski definition) is 8. The van der Waals surface area contributed by atoms with Crippen LogP contribution in [0.25, 0.3) is 11.0 Å². The first kappa shape index (κ1) is 26.9. The van der Waals surface area contributed by atoms with Crippen molar-refractivity contribution < 1.29 is 13.5 Å². The summed E-state index contributed by atoms with van der Waals surface area (Å²) in [7, 11) is -3.55. The number of nitrogens with zero attached hydrogens (tertiary/aromatic N) is 5. The minimum absolute atomic E-state index is 0.00230. The predicted octanol–water partition coefficient (Wildman–Crippen LogP) is 3.17. The molecule has 1 atom stereocenters. The molecule has 1 unspecified atom stereocenters. The molecule has 10 nitrogen and oxygen atoms in total. The molecule has 5 rings (SSSR count). The van der Waals surface area contributed by atoms with E-state index in [1.807, 2.05) is 41.1 Å². The summed E-state index contributed by atoms with van der Waals surface area (Å²) < 4.78 is 28.8. The van der Waals surface area contributed by atoms with Gasteiger partial charge in [0.05, 0.1) is 31.1 Å². The quantitative estimate of drug-likeness (QED) is 0.276. The molecule has 2 aromatic heterocycles. The number of aromatic nitrogens is 3. The van der Waals surface area contributed by atoms with Crippen molar-refractivity contribution in [1.29, 1.82) is 0 Å². The average Bonchev–Trinajstić information content (AvgIpc) is 3.34. The molecule has 0 bridgehead atoms. The van der Waals surface area contributed by atoms with Gasteiger partial charge in [-0.2, -0.15) is 4.98 Å². The Balaban J connectivity index is 1.38. The summed E-state index contributed by atoms with van der Waals surface area (Å²) in [6.07, 6.45) is 3.71. The summed E-state index contributed by atoms with van der Waals surface area (Å²) in [5.74, 6) is 0.431. The zero-order chi connectivity index (χ0) is 27.4. The SMILES string of the molecule is CCS(=O)(=O)N(CCO)c1ccccc1Cn1ccc2cnc(Nc3ccc(N4CCNC(C)C4)cc3)nc21. The van der Waals surface area contributed by atoms with Crippen molar-refractivity contribution in [3.05, 3.63) is 72.6 Å². The summed E-state index contributed by atoms with van der Waals surface area (Å²) in [6.45, 7) is 6.89. The lowest BCUT2D eigenvalue weighted by atomic mass is 10.1. The van der Waals surface area contributed by atoms with Crippen LogP contribution in [0.2, 0.25) is 0 Å². The normalized spacial score (nSPS) is 16.0. The molecule has 2 aromatic carbocycles. The Kier molecular flexibility index (Phi) is 8.01. The highest BCUT2D eigenvalue weighted by atomic mass is 32.2. The van der Waals surface area contributed by atoms with Crippen LogP contribution in [0.5, 0.6) is 0 Å². The number of benzene rings is 2. The number of rotatable bonds is 10. The van der Waals surface area contributed by atoms with E-state index in [2.05, 4.69) is 39.6 Å². The lowest BCUT2D eigenvalue weighted by Crippen LogP contribution is -2.49. The fourth-order valence-electron chi connectivity index (χ4n) is 4.94. The van der Waals surface area contributed by atoms with Crippen LogP contribution < -0.4 is 19.8 Å². The van der Waals surface area contributed by atoms with Crippen molar-refractivity contribution in [2.75, 3.05) is 53.1 Å². The highest BCUT2D eigenvalue weighted by molar-refractivity contribution is 7.92. The van der Waals surface area contributed by atoms with E-state index in [4.69, 9.17) is 4.98 Å². The van der Waals surface area contributed by atoms with Crippen LogP contribution in [-0.4, -0.2) is 72.6 Å². The Labute approximate surface area is 229 Å². The molecule has 39 heavy (non-hydrogen) atoms. The smallest absolute Gasteiger partial charge is 0.234 e. The first-order chi connectivity index (χ1) is 18.9. The molecule has 11 heteroatoms. The molecule has 1 fully saturated rings. The van der Waals surface area contributed by atoms with E-state index in [-0.39, 0.29) is 18.9 Å². The Morgan fingerprint density at radius 2 is 1.95 bits per heavy atom. The molecule has 3 heterocycles. The molecule has 0 amide bonds. The van der Waals surface area contributed by atoms with Crippen LogP contribution in [0.1, 0.15) is 19.4 Å². The second-order valence-corrected chi connectivity index (χ2v) is 11.9. The minimum Gasteiger partial charge on any atom is -0.394 e. The Bertz CT molecular complexity index is 1520. The fourth-order valence-corrected chi connectivity index (χ4v) is 6.09. The van der Waals surface area contributed by atoms with E-state index in [1.165, 1.54) is 9.99 Å². The van der Waals surface area contributed by atoms with Gasteiger partial charge < -0.3 is 25.2 Å². The van der Waals surface area contributed by atoms with Crippen molar-refractivity contribution in [2.24, 2.45) is 0 Å². The van der Waals surface area contributed by atoms with Crippen LogP contribution >= 0.6 is 0 Å². The van der Waals surface area contributed by atoms with Crippen molar-refractivity contribution in [2.45, 2.75) is 26.4 Å². The topological polar surface area (TPSA) is 116 Å². The second kappa shape index (κ2) is 11.6. The maximum Gasteiger partial charge on any atom is 0.234 e. The summed E-state index contributed by atoms with van der Waals surface area (Å²) in [5, 5.41) is 17.2. The summed E-state index contributed by atoms with van der Waals surface area (Å²) in [5.41, 5.74) is 4.20. The van der Waals surface area contributed by atoms with Crippen molar-refractivity contribution in [3.63, 3.8) is 0 Å². The van der Waals surface area contributed by atoms with Gasteiger partial charge in [0.1, 0.15) is 5.65 Å². The predicted molar refractivity (Wildman–Crippen MR) is 156 cm³/mol. The van der Waals surface area contributed by atoms with Gasteiger partial charge in [0, 0.05) is 54.8 Å². The monoisotopic (exact) mass is 549 g/mol. The van der Waals surface area contributed by atoms with Gasteiger partial charge in [-0.05, 0) is 55.8 Å². The van der Waals surface area contributed by atoms with Crippen molar-refractivity contribution in [3.8, 4) is 0 Å². The minimum atomic E-state index is -3.55. The highest BCUT2D eigenvalue weighted by Gasteiger charge is 2.23. The zero-order valence-electron chi connectivity index (χ0n) is 22.3. The number of piperazine rings is 1. The van der Waals surface area contributed by atoms with E-state index >= 15 is 0 Å². The van der Waals surface area contributed by atoms with Crippen molar-refractivity contribution >= 4 is 44.1 Å². The van der Waals surface area contributed by atoms with Gasteiger partial charge in [-0.15, -0.1) is 0 Å². The molecule has 1 saturated heterocycles. The molecule has 0 spiro atoms. The third kappa shape index (κ3) is 6.00. The third-order valence-corrected chi connectivity index (χ3v) is 8.74. The lowest BCUT2D eigenvalue weighted by molar-refractivity contribution is 0.306. The Morgan fingerprint density at radius 3 is 2.69 bits per heavy atom. The number of anilines is 4. The van der Waals surface area contributed by atoms with E-state index in [0.29, 0.717) is 24.2 Å². The van der Waals surface area contributed by atoms with E-state index < -0.39 is 10.0 Å². The third-order valence-electron chi connectivity index (χ3n) is 6.96.